The first-order chi connectivity index (χ1) is 9.01. The third kappa shape index (κ3) is 4.52. The monoisotopic (exact) mass is 288 g/mol. The van der Waals surface area contributed by atoms with Crippen LogP contribution in [0.4, 0.5) is 13.2 Å². The van der Waals surface area contributed by atoms with Crippen LogP contribution in [0.15, 0.2) is 24.3 Å². The van der Waals surface area contributed by atoms with E-state index in [1.807, 2.05) is 20.8 Å². The Balaban J connectivity index is 2.73. The van der Waals surface area contributed by atoms with Crippen LogP contribution >= 0.6 is 0 Å². The number of hydrogen-bond acceptors (Lipinski definition) is 2. The number of nitrogens with one attached hydrogen (secondary N) is 1. The molecule has 1 rings (SSSR count). The maximum atomic E-state index is 12.4. The average Bonchev–Trinajstić information content (AvgIpc) is 2.26. The molecule has 112 valence electrons. The van der Waals surface area contributed by atoms with Gasteiger partial charge in [-0.2, -0.15) is 13.2 Å². The quantitative estimate of drug-likeness (QED) is 0.895. The summed E-state index contributed by atoms with van der Waals surface area (Å²) >= 11 is 0. The minimum atomic E-state index is -4.34. The fourth-order valence-corrected chi connectivity index (χ4v) is 1.87. The van der Waals surface area contributed by atoms with Crippen LogP contribution in [-0.2, 0) is 17.5 Å². The summed E-state index contributed by atoms with van der Waals surface area (Å²) < 4.78 is 37.3. The van der Waals surface area contributed by atoms with Crippen molar-refractivity contribution in [1.29, 1.82) is 0 Å². The van der Waals surface area contributed by atoms with Gasteiger partial charge >= 0.3 is 6.18 Å². The summed E-state index contributed by atoms with van der Waals surface area (Å²) in [5.41, 5.74) is 4.92. The standard InChI is InChI=1S/C14H19F3N2O/c1-13(2,3)11(12(18)20)19-8-9-4-6-10(7-5-9)14(15,16)17/h4-7,11,19H,8H2,1-3H3,(H2,18,20). The first kappa shape index (κ1) is 16.5. The SMILES string of the molecule is CC(C)(C)C(NCc1ccc(C(F)(F)F)cc1)C(N)=O. The van der Waals surface area contributed by atoms with Crippen molar-refractivity contribution in [3.8, 4) is 0 Å². The van der Waals surface area contributed by atoms with Crippen molar-refractivity contribution in [2.75, 3.05) is 0 Å². The normalized spacial score (nSPS) is 14.1. The number of halogens is 3. The third-order valence-electron chi connectivity index (χ3n) is 2.94. The molecule has 0 heterocycles. The minimum absolute atomic E-state index is 0.281. The smallest absolute Gasteiger partial charge is 0.368 e. The molecule has 0 bridgehead atoms. The number of primary amides is 1. The molecule has 0 fully saturated rings. The molecule has 1 aromatic carbocycles. The maximum Gasteiger partial charge on any atom is 0.416 e. The number of alkyl halides is 3. The van der Waals surface area contributed by atoms with Crippen molar-refractivity contribution in [1.82, 2.24) is 5.32 Å². The van der Waals surface area contributed by atoms with Crippen LogP contribution in [0.2, 0.25) is 0 Å². The fraction of sp³-hybridized carbons (Fsp3) is 0.500. The van der Waals surface area contributed by atoms with Crippen LogP contribution in [-0.4, -0.2) is 11.9 Å². The summed E-state index contributed by atoms with van der Waals surface area (Å²) in [7, 11) is 0. The van der Waals surface area contributed by atoms with E-state index in [4.69, 9.17) is 5.73 Å². The zero-order chi connectivity index (χ0) is 15.6. The number of benzene rings is 1. The highest BCUT2D eigenvalue weighted by molar-refractivity contribution is 5.80. The molecule has 6 heteroatoms. The Morgan fingerprint density at radius 3 is 2.05 bits per heavy atom. The first-order valence-corrected chi connectivity index (χ1v) is 6.20. The summed E-state index contributed by atoms with van der Waals surface area (Å²) in [6.45, 7) is 5.87. The predicted molar refractivity (Wildman–Crippen MR) is 70.7 cm³/mol. The molecule has 1 aromatic rings. The number of hydrogen-bond donors (Lipinski definition) is 2. The molecule has 3 nitrogen and oxygen atoms in total. The second-order valence-electron chi connectivity index (χ2n) is 5.78. The summed E-state index contributed by atoms with van der Waals surface area (Å²) in [4.78, 5) is 11.4. The van der Waals surface area contributed by atoms with Gasteiger partial charge in [-0.25, -0.2) is 0 Å². The Bertz CT molecular complexity index is 461. The minimum Gasteiger partial charge on any atom is -0.368 e. The zero-order valence-corrected chi connectivity index (χ0v) is 11.7. The van der Waals surface area contributed by atoms with Crippen molar-refractivity contribution in [2.24, 2.45) is 11.1 Å². The highest BCUT2D eigenvalue weighted by Crippen LogP contribution is 2.29. The van der Waals surface area contributed by atoms with Crippen LogP contribution in [0.25, 0.3) is 0 Å². The van der Waals surface area contributed by atoms with Crippen LogP contribution in [0.5, 0.6) is 0 Å². The summed E-state index contributed by atoms with van der Waals surface area (Å²) in [6.07, 6.45) is -4.34. The zero-order valence-electron chi connectivity index (χ0n) is 11.7. The van der Waals surface area contributed by atoms with E-state index in [0.29, 0.717) is 5.56 Å². The number of nitrogens with two attached hydrogens (primary N) is 1. The van der Waals surface area contributed by atoms with Gasteiger partial charge in [0.25, 0.3) is 0 Å². The van der Waals surface area contributed by atoms with E-state index in [1.165, 1.54) is 12.1 Å². The molecule has 0 aliphatic heterocycles. The van der Waals surface area contributed by atoms with Gasteiger partial charge in [0, 0.05) is 6.54 Å². The van der Waals surface area contributed by atoms with Crippen molar-refractivity contribution in [2.45, 2.75) is 39.5 Å². The fourth-order valence-electron chi connectivity index (χ4n) is 1.87. The summed E-state index contributed by atoms with van der Waals surface area (Å²) in [5.74, 6) is -0.482. The Labute approximate surface area is 116 Å². The molecule has 0 saturated carbocycles. The molecule has 20 heavy (non-hydrogen) atoms. The Hall–Kier alpha value is -1.56. The molecule has 1 amide bonds. The lowest BCUT2D eigenvalue weighted by Gasteiger charge is -2.29. The molecule has 0 aliphatic rings. The Morgan fingerprint density at radius 1 is 1.20 bits per heavy atom. The molecule has 0 aliphatic carbocycles. The van der Waals surface area contributed by atoms with E-state index in [9.17, 15) is 18.0 Å². The molecule has 0 spiro atoms. The molecule has 0 aromatic heterocycles. The van der Waals surface area contributed by atoms with E-state index >= 15 is 0 Å². The van der Waals surface area contributed by atoms with Gasteiger partial charge < -0.3 is 11.1 Å². The third-order valence-corrected chi connectivity index (χ3v) is 2.94. The van der Waals surface area contributed by atoms with Crippen molar-refractivity contribution in [3.63, 3.8) is 0 Å². The van der Waals surface area contributed by atoms with E-state index in [-0.39, 0.29) is 12.0 Å². The second kappa shape index (κ2) is 5.83. The van der Waals surface area contributed by atoms with E-state index in [2.05, 4.69) is 5.32 Å². The van der Waals surface area contributed by atoms with Crippen LogP contribution in [0, 0.1) is 5.41 Å². The number of carbonyl (C=O) groups is 1. The van der Waals surface area contributed by atoms with Gasteiger partial charge in [-0.05, 0) is 23.1 Å². The lowest BCUT2D eigenvalue weighted by Crippen LogP contribution is -2.49. The van der Waals surface area contributed by atoms with Gasteiger partial charge in [-0.15, -0.1) is 0 Å². The summed E-state index contributed by atoms with van der Waals surface area (Å²) in [5, 5.41) is 2.98. The largest absolute Gasteiger partial charge is 0.416 e. The van der Waals surface area contributed by atoms with Crippen LogP contribution < -0.4 is 11.1 Å². The van der Waals surface area contributed by atoms with Gasteiger partial charge in [0.2, 0.25) is 5.91 Å². The Morgan fingerprint density at radius 2 is 1.70 bits per heavy atom. The molecule has 1 unspecified atom stereocenters. The molecular formula is C14H19F3N2O. The highest BCUT2D eigenvalue weighted by Gasteiger charge is 2.30. The van der Waals surface area contributed by atoms with E-state index in [1.54, 1.807) is 0 Å². The van der Waals surface area contributed by atoms with Crippen LogP contribution in [0.3, 0.4) is 0 Å². The lowest BCUT2D eigenvalue weighted by molar-refractivity contribution is -0.137. The summed E-state index contributed by atoms with van der Waals surface area (Å²) in [6, 6.07) is 4.26. The average molecular weight is 288 g/mol. The molecule has 0 radical (unpaired) electrons. The van der Waals surface area contributed by atoms with Gasteiger partial charge in [0.05, 0.1) is 11.6 Å². The molecule has 0 saturated heterocycles. The maximum absolute atomic E-state index is 12.4. The van der Waals surface area contributed by atoms with Crippen molar-refractivity contribution >= 4 is 5.91 Å². The van der Waals surface area contributed by atoms with Gasteiger partial charge in [0.1, 0.15) is 0 Å². The van der Waals surface area contributed by atoms with Gasteiger partial charge in [-0.1, -0.05) is 32.9 Å². The predicted octanol–water partition coefficient (Wildman–Crippen LogP) is 2.70. The number of amides is 1. The molecule has 3 N–H and O–H groups in total. The topological polar surface area (TPSA) is 55.1 Å². The second-order valence-corrected chi connectivity index (χ2v) is 5.78. The van der Waals surface area contributed by atoms with Crippen molar-refractivity contribution < 1.29 is 18.0 Å². The number of rotatable bonds is 4. The van der Waals surface area contributed by atoms with Crippen molar-refractivity contribution in [3.05, 3.63) is 35.4 Å². The van der Waals surface area contributed by atoms with E-state index < -0.39 is 23.7 Å². The lowest BCUT2D eigenvalue weighted by atomic mass is 9.86. The first-order valence-electron chi connectivity index (χ1n) is 6.20. The Kier molecular flexibility index (Phi) is 4.81. The molecular weight excluding hydrogens is 269 g/mol. The number of carbonyl (C=O) groups excluding carboxylic acids is 1. The van der Waals surface area contributed by atoms with E-state index in [0.717, 1.165) is 12.1 Å². The highest BCUT2D eigenvalue weighted by atomic mass is 19.4. The van der Waals surface area contributed by atoms with Gasteiger partial charge in [-0.3, -0.25) is 4.79 Å². The molecule has 1 atom stereocenters. The van der Waals surface area contributed by atoms with Crippen LogP contribution in [0.1, 0.15) is 31.9 Å². The van der Waals surface area contributed by atoms with Gasteiger partial charge in [0.15, 0.2) is 0 Å².